The minimum Gasteiger partial charge on any atom is -0.492 e. The van der Waals surface area contributed by atoms with Crippen LogP contribution < -0.4 is 15.4 Å². The van der Waals surface area contributed by atoms with Gasteiger partial charge in [-0.05, 0) is 18.2 Å². The van der Waals surface area contributed by atoms with Crippen LogP contribution in [0.25, 0.3) is 0 Å². The van der Waals surface area contributed by atoms with Crippen LogP contribution in [0.5, 0.6) is 5.75 Å². The Morgan fingerprint density at radius 2 is 2.09 bits per heavy atom. The van der Waals surface area contributed by atoms with E-state index in [1.54, 1.807) is 13.1 Å². The molecule has 0 saturated carbocycles. The molecule has 0 unspecified atom stereocenters. The lowest BCUT2D eigenvalue weighted by Crippen LogP contribution is -2.45. The number of nitrogens with one attached hydrogen (secondary N) is 2. The molecule has 1 aromatic rings. The van der Waals surface area contributed by atoms with Crippen molar-refractivity contribution in [2.45, 2.75) is 0 Å². The summed E-state index contributed by atoms with van der Waals surface area (Å²) in [4.78, 5) is 6.58. The van der Waals surface area contributed by atoms with E-state index in [0.717, 1.165) is 51.1 Å². The van der Waals surface area contributed by atoms with Gasteiger partial charge in [0.15, 0.2) is 5.96 Å². The molecule has 0 spiro atoms. The summed E-state index contributed by atoms with van der Waals surface area (Å²) in [7, 11) is 1.77. The molecule has 1 fully saturated rings. The Hall–Kier alpha value is -1.50. The van der Waals surface area contributed by atoms with Gasteiger partial charge in [0.2, 0.25) is 0 Å². The second-order valence-corrected chi connectivity index (χ2v) is 5.62. The molecule has 0 aliphatic carbocycles. The van der Waals surface area contributed by atoms with Crippen LogP contribution in [0.2, 0.25) is 5.02 Å². The Morgan fingerprint density at radius 1 is 1.30 bits per heavy atom. The van der Waals surface area contributed by atoms with E-state index in [-0.39, 0.29) is 0 Å². The number of morpholine rings is 1. The Labute approximate surface area is 142 Å². The largest absolute Gasteiger partial charge is 0.492 e. The lowest BCUT2D eigenvalue weighted by atomic mass is 10.3. The number of rotatable bonds is 7. The molecule has 0 amide bonds. The third-order valence-electron chi connectivity index (χ3n) is 3.51. The second-order valence-electron chi connectivity index (χ2n) is 5.19. The van der Waals surface area contributed by atoms with Crippen molar-refractivity contribution in [3.8, 4) is 5.75 Å². The number of ether oxygens (including phenoxy) is 2. The molecule has 23 heavy (non-hydrogen) atoms. The molecule has 1 aromatic carbocycles. The highest BCUT2D eigenvalue weighted by atomic mass is 35.5. The first kappa shape index (κ1) is 17.8. The van der Waals surface area contributed by atoms with Gasteiger partial charge in [-0.3, -0.25) is 9.89 Å². The topological polar surface area (TPSA) is 58.1 Å². The zero-order chi connectivity index (χ0) is 16.3. The molecule has 1 saturated heterocycles. The highest BCUT2D eigenvalue weighted by Crippen LogP contribution is 2.16. The van der Waals surface area contributed by atoms with Crippen molar-refractivity contribution in [2.24, 2.45) is 4.99 Å². The summed E-state index contributed by atoms with van der Waals surface area (Å²) in [5.74, 6) is 1.56. The van der Waals surface area contributed by atoms with Crippen LogP contribution in [0, 0.1) is 0 Å². The first-order chi connectivity index (χ1) is 11.3. The van der Waals surface area contributed by atoms with Crippen molar-refractivity contribution in [2.75, 3.05) is 59.6 Å². The van der Waals surface area contributed by atoms with Gasteiger partial charge in [-0.1, -0.05) is 17.7 Å². The van der Waals surface area contributed by atoms with E-state index in [1.165, 1.54) is 0 Å². The Morgan fingerprint density at radius 3 is 2.83 bits per heavy atom. The maximum absolute atomic E-state index is 5.92. The molecule has 6 nitrogen and oxygen atoms in total. The van der Waals surface area contributed by atoms with Crippen LogP contribution >= 0.6 is 11.6 Å². The van der Waals surface area contributed by atoms with E-state index < -0.39 is 0 Å². The molecular formula is C16H25ClN4O2. The number of halogens is 1. The molecule has 1 heterocycles. The number of hydrogen-bond donors (Lipinski definition) is 2. The number of hydrogen-bond acceptors (Lipinski definition) is 4. The lowest BCUT2D eigenvalue weighted by molar-refractivity contribution is 0.0389. The quantitative estimate of drug-likeness (QED) is 0.444. The Kier molecular flexibility index (Phi) is 8.00. The highest BCUT2D eigenvalue weighted by Gasteiger charge is 2.09. The van der Waals surface area contributed by atoms with Gasteiger partial charge in [0.1, 0.15) is 12.4 Å². The van der Waals surface area contributed by atoms with Gasteiger partial charge in [-0.25, -0.2) is 0 Å². The van der Waals surface area contributed by atoms with E-state index in [4.69, 9.17) is 21.1 Å². The van der Waals surface area contributed by atoms with E-state index in [0.29, 0.717) is 18.2 Å². The summed E-state index contributed by atoms with van der Waals surface area (Å²) >= 11 is 5.92. The summed E-state index contributed by atoms with van der Waals surface area (Å²) in [6.07, 6.45) is 0. The first-order valence-electron chi connectivity index (χ1n) is 7.91. The summed E-state index contributed by atoms with van der Waals surface area (Å²) in [5, 5.41) is 7.21. The van der Waals surface area contributed by atoms with Crippen LogP contribution in [-0.2, 0) is 4.74 Å². The van der Waals surface area contributed by atoms with Crippen molar-refractivity contribution in [1.29, 1.82) is 0 Å². The smallest absolute Gasteiger partial charge is 0.191 e. The molecule has 128 valence electrons. The van der Waals surface area contributed by atoms with Gasteiger partial charge < -0.3 is 20.1 Å². The van der Waals surface area contributed by atoms with Gasteiger partial charge in [0, 0.05) is 38.2 Å². The van der Waals surface area contributed by atoms with Crippen LogP contribution in [-0.4, -0.2) is 70.5 Å². The predicted molar refractivity (Wildman–Crippen MR) is 93.6 cm³/mol. The van der Waals surface area contributed by atoms with Gasteiger partial charge in [0.25, 0.3) is 0 Å². The fraction of sp³-hybridized carbons (Fsp3) is 0.562. The van der Waals surface area contributed by atoms with Crippen molar-refractivity contribution < 1.29 is 9.47 Å². The van der Waals surface area contributed by atoms with Gasteiger partial charge in [0.05, 0.1) is 19.8 Å². The minimum absolute atomic E-state index is 0.546. The van der Waals surface area contributed by atoms with Gasteiger partial charge >= 0.3 is 0 Å². The minimum atomic E-state index is 0.546. The molecule has 2 rings (SSSR count). The third-order valence-corrected chi connectivity index (χ3v) is 3.74. The molecule has 2 N–H and O–H groups in total. The standard InChI is InChI=1S/C16H25ClN4O2/c1-18-16(19-5-7-21-8-11-22-12-9-21)20-6-10-23-15-4-2-3-14(17)13-15/h2-4,13H,5-12H2,1H3,(H2,18,19,20). The van der Waals surface area contributed by atoms with Crippen LogP contribution in [0.3, 0.4) is 0 Å². The third kappa shape index (κ3) is 7.07. The summed E-state index contributed by atoms with van der Waals surface area (Å²) in [6, 6.07) is 7.39. The summed E-state index contributed by atoms with van der Waals surface area (Å²) in [5.41, 5.74) is 0. The molecule has 0 bridgehead atoms. The monoisotopic (exact) mass is 340 g/mol. The summed E-state index contributed by atoms with van der Waals surface area (Å²) in [6.45, 7) is 6.72. The normalized spacial score (nSPS) is 16.2. The fourth-order valence-electron chi connectivity index (χ4n) is 2.27. The molecule has 7 heteroatoms. The van der Waals surface area contributed by atoms with E-state index >= 15 is 0 Å². The number of guanidine groups is 1. The maximum atomic E-state index is 5.92. The van der Waals surface area contributed by atoms with Gasteiger partial charge in [-0.2, -0.15) is 0 Å². The highest BCUT2D eigenvalue weighted by molar-refractivity contribution is 6.30. The zero-order valence-electron chi connectivity index (χ0n) is 13.6. The lowest BCUT2D eigenvalue weighted by Gasteiger charge is -2.26. The Balaban J connectivity index is 1.57. The van der Waals surface area contributed by atoms with Crippen molar-refractivity contribution in [1.82, 2.24) is 15.5 Å². The van der Waals surface area contributed by atoms with Crippen LogP contribution in [0.15, 0.2) is 29.3 Å². The molecule has 0 atom stereocenters. The number of aliphatic imine (C=N–C) groups is 1. The molecular weight excluding hydrogens is 316 g/mol. The van der Waals surface area contributed by atoms with E-state index in [9.17, 15) is 0 Å². The Bertz CT molecular complexity index is 493. The molecule has 0 aromatic heterocycles. The van der Waals surface area contributed by atoms with Crippen LogP contribution in [0.1, 0.15) is 0 Å². The molecule has 0 radical (unpaired) electrons. The number of benzene rings is 1. The predicted octanol–water partition coefficient (Wildman–Crippen LogP) is 1.22. The van der Waals surface area contributed by atoms with Crippen molar-refractivity contribution in [3.63, 3.8) is 0 Å². The van der Waals surface area contributed by atoms with Crippen molar-refractivity contribution >= 4 is 17.6 Å². The van der Waals surface area contributed by atoms with Crippen molar-refractivity contribution in [3.05, 3.63) is 29.3 Å². The first-order valence-corrected chi connectivity index (χ1v) is 8.29. The molecule has 1 aliphatic heterocycles. The summed E-state index contributed by atoms with van der Waals surface area (Å²) < 4.78 is 11.0. The van der Waals surface area contributed by atoms with Crippen LogP contribution in [0.4, 0.5) is 0 Å². The van der Waals surface area contributed by atoms with E-state index in [1.807, 2.05) is 18.2 Å². The van der Waals surface area contributed by atoms with E-state index in [2.05, 4.69) is 20.5 Å². The average molecular weight is 341 g/mol. The fourth-order valence-corrected chi connectivity index (χ4v) is 2.45. The average Bonchev–Trinajstić information content (AvgIpc) is 2.58. The number of nitrogens with zero attached hydrogens (tertiary/aromatic N) is 2. The second kappa shape index (κ2) is 10.3. The SMILES string of the molecule is CN=C(NCCOc1cccc(Cl)c1)NCCN1CCOCC1. The van der Waals surface area contributed by atoms with Gasteiger partial charge in [-0.15, -0.1) is 0 Å². The maximum Gasteiger partial charge on any atom is 0.191 e. The molecule has 1 aliphatic rings. The zero-order valence-corrected chi connectivity index (χ0v) is 14.3.